The smallest absolute Gasteiger partial charge is 0.258 e. The summed E-state index contributed by atoms with van der Waals surface area (Å²) >= 11 is 0. The number of nitrogens with one attached hydrogen (secondary N) is 1. The lowest BCUT2D eigenvalue weighted by molar-refractivity contribution is 0.0648. The summed E-state index contributed by atoms with van der Waals surface area (Å²) < 4.78 is 17.5. The third-order valence-electron chi connectivity index (χ3n) is 4.98. The van der Waals surface area contributed by atoms with Crippen LogP contribution in [-0.2, 0) is 6.54 Å². The van der Waals surface area contributed by atoms with Crippen LogP contribution in [0.2, 0.25) is 0 Å². The second-order valence-electron chi connectivity index (χ2n) is 7.06. The van der Waals surface area contributed by atoms with Crippen molar-refractivity contribution in [3.05, 3.63) is 77.7 Å². The molecule has 156 valence electrons. The van der Waals surface area contributed by atoms with Crippen LogP contribution in [0.25, 0.3) is 0 Å². The summed E-state index contributed by atoms with van der Waals surface area (Å²) in [4.78, 5) is 15.2. The molecule has 0 bridgehead atoms. The number of nitrogens with zero attached hydrogens (tertiary/aromatic N) is 1. The number of carbonyl (C=O) groups is 1. The van der Waals surface area contributed by atoms with Crippen molar-refractivity contribution in [3.8, 4) is 11.5 Å². The Morgan fingerprint density at radius 3 is 2.67 bits per heavy atom. The Morgan fingerprint density at radius 1 is 1.03 bits per heavy atom. The van der Waals surface area contributed by atoms with Crippen molar-refractivity contribution in [1.29, 1.82) is 0 Å². The second-order valence-corrected chi connectivity index (χ2v) is 7.06. The summed E-state index contributed by atoms with van der Waals surface area (Å²) in [5.41, 5.74) is 2.28. The van der Waals surface area contributed by atoms with E-state index in [0.717, 1.165) is 17.7 Å². The number of ether oxygens (including phenoxy) is 2. The largest absolute Gasteiger partial charge is 0.490 e. The maximum absolute atomic E-state index is 13.4. The summed E-state index contributed by atoms with van der Waals surface area (Å²) in [5.74, 6) is 1.99. The summed E-state index contributed by atoms with van der Waals surface area (Å²) in [6.07, 6.45) is 2.06. The molecule has 0 unspecified atom stereocenters. The van der Waals surface area contributed by atoms with Crippen LogP contribution in [0, 0.1) is 0 Å². The SMILES string of the molecule is CCCOc1c(OCC)cccc1[C@@H]1Nc2ccccc2C(=O)N1Cc1ccco1. The molecule has 1 N–H and O–H groups in total. The lowest BCUT2D eigenvalue weighted by Crippen LogP contribution is -2.42. The fourth-order valence-corrected chi connectivity index (χ4v) is 3.65. The first-order valence-corrected chi connectivity index (χ1v) is 10.3. The number of rotatable bonds is 8. The Bertz CT molecular complexity index is 1000. The Morgan fingerprint density at radius 2 is 1.90 bits per heavy atom. The zero-order chi connectivity index (χ0) is 20.9. The van der Waals surface area contributed by atoms with Crippen molar-refractivity contribution < 1.29 is 18.7 Å². The molecule has 6 heteroatoms. The minimum atomic E-state index is -0.426. The van der Waals surface area contributed by atoms with Gasteiger partial charge in [0.15, 0.2) is 11.5 Å². The van der Waals surface area contributed by atoms with E-state index in [2.05, 4.69) is 12.2 Å². The van der Waals surface area contributed by atoms with E-state index in [0.29, 0.717) is 42.6 Å². The predicted octanol–water partition coefficient (Wildman–Crippen LogP) is 5.23. The van der Waals surface area contributed by atoms with Crippen molar-refractivity contribution in [3.63, 3.8) is 0 Å². The quantitative estimate of drug-likeness (QED) is 0.555. The van der Waals surface area contributed by atoms with Gasteiger partial charge in [0.1, 0.15) is 11.9 Å². The van der Waals surface area contributed by atoms with Gasteiger partial charge in [-0.1, -0.05) is 31.2 Å². The number of amides is 1. The third kappa shape index (κ3) is 3.85. The Kier molecular flexibility index (Phi) is 5.93. The molecule has 1 amide bonds. The van der Waals surface area contributed by atoms with Gasteiger partial charge in [0, 0.05) is 11.3 Å². The van der Waals surface area contributed by atoms with Crippen LogP contribution in [0.15, 0.2) is 65.3 Å². The minimum Gasteiger partial charge on any atom is -0.490 e. The maximum Gasteiger partial charge on any atom is 0.258 e. The summed E-state index contributed by atoms with van der Waals surface area (Å²) in [5, 5.41) is 3.52. The lowest BCUT2D eigenvalue weighted by atomic mass is 10.0. The molecule has 0 saturated carbocycles. The zero-order valence-electron chi connectivity index (χ0n) is 17.3. The van der Waals surface area contributed by atoms with E-state index in [1.807, 2.05) is 61.5 Å². The van der Waals surface area contributed by atoms with Crippen molar-refractivity contribution in [2.75, 3.05) is 18.5 Å². The van der Waals surface area contributed by atoms with Crippen LogP contribution in [0.5, 0.6) is 11.5 Å². The molecule has 0 fully saturated rings. The molecule has 4 rings (SSSR count). The molecule has 1 aliphatic heterocycles. The number of furan rings is 1. The van der Waals surface area contributed by atoms with Gasteiger partial charge in [0.05, 0.1) is 31.6 Å². The molecule has 0 aliphatic carbocycles. The number of para-hydroxylation sites is 2. The molecule has 3 aromatic rings. The van der Waals surface area contributed by atoms with Crippen LogP contribution in [-0.4, -0.2) is 24.0 Å². The van der Waals surface area contributed by atoms with Gasteiger partial charge in [-0.2, -0.15) is 0 Å². The molecular weight excluding hydrogens is 380 g/mol. The van der Waals surface area contributed by atoms with Gasteiger partial charge in [0.25, 0.3) is 5.91 Å². The monoisotopic (exact) mass is 406 g/mol. The van der Waals surface area contributed by atoms with E-state index in [1.54, 1.807) is 11.2 Å². The van der Waals surface area contributed by atoms with E-state index in [-0.39, 0.29) is 5.91 Å². The molecule has 0 saturated heterocycles. The predicted molar refractivity (Wildman–Crippen MR) is 115 cm³/mol. The molecule has 6 nitrogen and oxygen atoms in total. The van der Waals surface area contributed by atoms with Crippen molar-refractivity contribution in [2.45, 2.75) is 33.0 Å². The Balaban J connectivity index is 1.80. The van der Waals surface area contributed by atoms with Crippen LogP contribution in [0.4, 0.5) is 5.69 Å². The summed E-state index contributed by atoms with van der Waals surface area (Å²) in [6.45, 7) is 5.43. The average Bonchev–Trinajstić information content (AvgIpc) is 3.28. The highest BCUT2D eigenvalue weighted by atomic mass is 16.5. The number of fused-ring (bicyclic) bond motifs is 1. The van der Waals surface area contributed by atoms with E-state index >= 15 is 0 Å². The van der Waals surface area contributed by atoms with E-state index in [9.17, 15) is 4.79 Å². The number of carbonyl (C=O) groups excluding carboxylic acids is 1. The molecule has 30 heavy (non-hydrogen) atoms. The molecule has 2 aromatic carbocycles. The highest BCUT2D eigenvalue weighted by Crippen LogP contribution is 2.41. The first-order chi connectivity index (χ1) is 14.7. The first kappa shape index (κ1) is 19.9. The molecule has 0 radical (unpaired) electrons. The zero-order valence-corrected chi connectivity index (χ0v) is 17.3. The van der Waals surface area contributed by atoms with Crippen molar-refractivity contribution in [2.24, 2.45) is 0 Å². The fourth-order valence-electron chi connectivity index (χ4n) is 3.65. The van der Waals surface area contributed by atoms with Gasteiger partial charge >= 0.3 is 0 Å². The standard InChI is InChI=1S/C24H26N2O4/c1-3-14-30-22-19(11-7-13-21(22)28-4-2)23-25-20-12-6-5-10-18(20)24(27)26(23)16-17-9-8-15-29-17/h5-13,15,23,25H,3-4,14,16H2,1-2H3/t23-/m1/s1. The average molecular weight is 406 g/mol. The molecule has 1 atom stereocenters. The van der Waals surface area contributed by atoms with Gasteiger partial charge in [-0.15, -0.1) is 0 Å². The summed E-state index contributed by atoms with van der Waals surface area (Å²) in [7, 11) is 0. The second kappa shape index (κ2) is 8.95. The highest BCUT2D eigenvalue weighted by molar-refractivity contribution is 6.01. The minimum absolute atomic E-state index is 0.0611. The van der Waals surface area contributed by atoms with Crippen LogP contribution >= 0.6 is 0 Å². The number of hydrogen-bond acceptors (Lipinski definition) is 5. The van der Waals surface area contributed by atoms with Crippen molar-refractivity contribution in [1.82, 2.24) is 4.90 Å². The van der Waals surface area contributed by atoms with Gasteiger partial charge in [0.2, 0.25) is 0 Å². The molecule has 1 aliphatic rings. The van der Waals surface area contributed by atoms with Crippen LogP contribution in [0.3, 0.4) is 0 Å². The van der Waals surface area contributed by atoms with E-state index in [4.69, 9.17) is 13.9 Å². The normalized spacial score (nSPS) is 15.5. The molecule has 0 spiro atoms. The van der Waals surface area contributed by atoms with Gasteiger partial charge in [-0.3, -0.25) is 4.79 Å². The van der Waals surface area contributed by atoms with Crippen molar-refractivity contribution >= 4 is 11.6 Å². The number of benzene rings is 2. The number of hydrogen-bond donors (Lipinski definition) is 1. The Labute approximate surface area is 176 Å². The lowest BCUT2D eigenvalue weighted by Gasteiger charge is -2.38. The first-order valence-electron chi connectivity index (χ1n) is 10.3. The topological polar surface area (TPSA) is 63.9 Å². The van der Waals surface area contributed by atoms with E-state index in [1.165, 1.54) is 0 Å². The highest BCUT2D eigenvalue weighted by Gasteiger charge is 2.35. The number of anilines is 1. The third-order valence-corrected chi connectivity index (χ3v) is 4.98. The van der Waals surface area contributed by atoms with Gasteiger partial charge < -0.3 is 24.1 Å². The van der Waals surface area contributed by atoms with Crippen LogP contribution < -0.4 is 14.8 Å². The van der Waals surface area contributed by atoms with Crippen LogP contribution in [0.1, 0.15) is 48.1 Å². The Hall–Kier alpha value is -3.41. The van der Waals surface area contributed by atoms with Gasteiger partial charge in [-0.25, -0.2) is 0 Å². The maximum atomic E-state index is 13.4. The molecule has 1 aromatic heterocycles. The fraction of sp³-hybridized carbons (Fsp3) is 0.292. The molecular formula is C24H26N2O4. The van der Waals surface area contributed by atoms with E-state index < -0.39 is 6.17 Å². The van der Waals surface area contributed by atoms with Gasteiger partial charge in [-0.05, 0) is 43.7 Å². The molecule has 2 heterocycles. The summed E-state index contributed by atoms with van der Waals surface area (Å²) in [6, 6.07) is 17.0.